The van der Waals surface area contributed by atoms with Gasteiger partial charge in [-0.05, 0) is 31.2 Å². The van der Waals surface area contributed by atoms with E-state index in [1.807, 2.05) is 6.92 Å². The van der Waals surface area contributed by atoms with Gasteiger partial charge >= 0.3 is 0 Å². The molecule has 1 amide bonds. The molecule has 2 fully saturated rings. The van der Waals surface area contributed by atoms with E-state index in [4.69, 9.17) is 0 Å². The average Bonchev–Trinajstić information content (AvgIpc) is 3.02. The van der Waals surface area contributed by atoms with Gasteiger partial charge in [-0.1, -0.05) is 6.92 Å². The van der Waals surface area contributed by atoms with E-state index in [1.165, 1.54) is 4.90 Å². The number of likely N-dealkylation sites (N-methyl/N-ethyl adjacent to an activating group) is 1. The van der Waals surface area contributed by atoms with E-state index in [1.54, 1.807) is 0 Å². The third kappa shape index (κ3) is 4.17. The zero-order chi connectivity index (χ0) is 19.8. The molecule has 3 rings (SSSR count). The van der Waals surface area contributed by atoms with E-state index >= 15 is 0 Å². The van der Waals surface area contributed by atoms with Gasteiger partial charge in [0.1, 0.15) is 5.82 Å². The molecule has 0 bridgehead atoms. The summed E-state index contributed by atoms with van der Waals surface area (Å²) in [5.41, 5.74) is -0.290. The maximum atomic E-state index is 14.3. The van der Waals surface area contributed by atoms with Crippen molar-refractivity contribution in [2.24, 2.45) is 0 Å². The summed E-state index contributed by atoms with van der Waals surface area (Å²) in [7, 11) is -7.33. The molecule has 27 heavy (non-hydrogen) atoms. The van der Waals surface area contributed by atoms with Crippen LogP contribution in [0.25, 0.3) is 0 Å². The number of hydrogen-bond acceptors (Lipinski definition) is 6. The molecule has 0 radical (unpaired) electrons. The zero-order valence-corrected chi connectivity index (χ0v) is 16.7. The third-order valence-corrected chi connectivity index (χ3v) is 9.40. The second-order valence-electron chi connectivity index (χ2n) is 6.94. The Balaban J connectivity index is 1.85. The normalized spacial score (nSPS) is 23.5. The summed E-state index contributed by atoms with van der Waals surface area (Å²) in [6.07, 6.45) is 0.0182. The van der Waals surface area contributed by atoms with Gasteiger partial charge in [-0.15, -0.1) is 0 Å². The topological polar surface area (TPSA) is 91.8 Å². The lowest BCUT2D eigenvalue weighted by Gasteiger charge is -2.34. The molecule has 0 spiro atoms. The second-order valence-corrected chi connectivity index (χ2v) is 11.4. The van der Waals surface area contributed by atoms with Crippen molar-refractivity contribution in [3.63, 3.8) is 0 Å². The highest BCUT2D eigenvalue weighted by Crippen LogP contribution is 2.27. The van der Waals surface area contributed by atoms with Crippen molar-refractivity contribution in [1.29, 1.82) is 0 Å². The molecule has 7 nitrogen and oxygen atoms in total. The number of halogens is 1. The van der Waals surface area contributed by atoms with E-state index in [0.29, 0.717) is 26.2 Å². The molecule has 2 saturated heterocycles. The molecule has 2 aliphatic heterocycles. The fraction of sp³-hybridized carbons (Fsp3) is 0.588. The van der Waals surface area contributed by atoms with E-state index in [2.05, 4.69) is 4.90 Å². The molecular formula is C17H23FN2O5S2. The van der Waals surface area contributed by atoms with Gasteiger partial charge in [0.05, 0.1) is 27.2 Å². The monoisotopic (exact) mass is 418 g/mol. The summed E-state index contributed by atoms with van der Waals surface area (Å²) in [5.74, 6) is -1.93. The Morgan fingerprint density at radius 2 is 1.89 bits per heavy atom. The predicted molar refractivity (Wildman–Crippen MR) is 98.7 cm³/mol. The highest BCUT2D eigenvalue weighted by atomic mass is 32.2. The first-order chi connectivity index (χ1) is 12.6. The molecule has 0 aromatic heterocycles. The SMILES string of the molecule is CCN1CCN(C(=O)c2cc(S(=O)(=O)C3CCS(=O)(=O)C3)ccc2F)CC1. The van der Waals surface area contributed by atoms with Crippen molar-refractivity contribution in [2.45, 2.75) is 23.5 Å². The van der Waals surface area contributed by atoms with Gasteiger partial charge in [-0.2, -0.15) is 0 Å². The van der Waals surface area contributed by atoms with Crippen molar-refractivity contribution in [3.8, 4) is 0 Å². The van der Waals surface area contributed by atoms with Crippen LogP contribution in [0.4, 0.5) is 4.39 Å². The summed E-state index contributed by atoms with van der Waals surface area (Å²) in [4.78, 5) is 16.2. The molecule has 1 aromatic rings. The summed E-state index contributed by atoms with van der Waals surface area (Å²) in [6.45, 7) is 5.15. The summed E-state index contributed by atoms with van der Waals surface area (Å²) in [5, 5.41) is -1.05. The maximum Gasteiger partial charge on any atom is 0.256 e. The van der Waals surface area contributed by atoms with Crippen LogP contribution in [0.2, 0.25) is 0 Å². The number of benzene rings is 1. The van der Waals surface area contributed by atoms with Crippen LogP contribution in [0.3, 0.4) is 0 Å². The number of amides is 1. The molecule has 0 saturated carbocycles. The average molecular weight is 419 g/mol. The molecule has 0 N–H and O–H groups in total. The number of hydrogen-bond donors (Lipinski definition) is 0. The highest BCUT2D eigenvalue weighted by Gasteiger charge is 2.38. The molecular weight excluding hydrogens is 395 g/mol. The van der Waals surface area contributed by atoms with Gasteiger partial charge in [-0.25, -0.2) is 21.2 Å². The molecule has 1 aromatic carbocycles. The Bertz CT molecular complexity index is 938. The summed E-state index contributed by atoms with van der Waals surface area (Å²) in [6, 6.07) is 3.11. The third-order valence-electron chi connectivity index (χ3n) is 5.23. The Morgan fingerprint density at radius 1 is 1.22 bits per heavy atom. The molecule has 1 unspecified atom stereocenters. The quantitative estimate of drug-likeness (QED) is 0.664. The van der Waals surface area contributed by atoms with E-state index in [0.717, 1.165) is 24.7 Å². The lowest BCUT2D eigenvalue weighted by molar-refractivity contribution is 0.0638. The number of nitrogens with zero attached hydrogens (tertiary/aromatic N) is 2. The predicted octanol–water partition coefficient (Wildman–Crippen LogP) is 0.564. The Labute approximate surface area is 159 Å². The molecule has 0 aliphatic carbocycles. The fourth-order valence-corrected chi connectivity index (χ4v) is 7.86. The lowest BCUT2D eigenvalue weighted by atomic mass is 10.1. The molecule has 2 aliphatic rings. The van der Waals surface area contributed by atoms with Crippen LogP contribution in [-0.4, -0.2) is 82.0 Å². The largest absolute Gasteiger partial charge is 0.336 e. The fourth-order valence-electron chi connectivity index (χ4n) is 3.48. The van der Waals surface area contributed by atoms with E-state index in [9.17, 15) is 26.0 Å². The van der Waals surface area contributed by atoms with Gasteiger partial charge in [0, 0.05) is 26.2 Å². The van der Waals surface area contributed by atoms with Crippen LogP contribution >= 0.6 is 0 Å². The number of piperazine rings is 1. The lowest BCUT2D eigenvalue weighted by Crippen LogP contribution is -2.48. The summed E-state index contributed by atoms with van der Waals surface area (Å²) < 4.78 is 63.0. The van der Waals surface area contributed by atoms with Gasteiger partial charge in [0.15, 0.2) is 19.7 Å². The van der Waals surface area contributed by atoms with Crippen LogP contribution in [0.1, 0.15) is 23.7 Å². The Kier molecular flexibility index (Phi) is 5.60. The first-order valence-electron chi connectivity index (χ1n) is 8.89. The maximum absolute atomic E-state index is 14.3. The molecule has 2 heterocycles. The Hall–Kier alpha value is -1.52. The van der Waals surface area contributed by atoms with Gasteiger partial charge in [0.2, 0.25) is 0 Å². The number of carbonyl (C=O) groups is 1. The summed E-state index contributed by atoms with van der Waals surface area (Å²) >= 11 is 0. The van der Waals surface area contributed by atoms with Crippen LogP contribution < -0.4 is 0 Å². The van der Waals surface area contributed by atoms with Crippen molar-refractivity contribution in [1.82, 2.24) is 9.80 Å². The van der Waals surface area contributed by atoms with Crippen molar-refractivity contribution < 1.29 is 26.0 Å². The minimum absolute atomic E-state index is 0.0182. The van der Waals surface area contributed by atoms with Crippen LogP contribution in [0.15, 0.2) is 23.1 Å². The Morgan fingerprint density at radius 3 is 2.44 bits per heavy atom. The smallest absolute Gasteiger partial charge is 0.256 e. The van der Waals surface area contributed by atoms with Crippen molar-refractivity contribution >= 4 is 25.6 Å². The van der Waals surface area contributed by atoms with Gasteiger partial charge in [-0.3, -0.25) is 4.79 Å². The van der Waals surface area contributed by atoms with Crippen LogP contribution in [0.5, 0.6) is 0 Å². The van der Waals surface area contributed by atoms with Gasteiger partial charge in [0.25, 0.3) is 5.91 Å². The first kappa shape index (κ1) is 20.2. The van der Waals surface area contributed by atoms with E-state index < -0.39 is 42.4 Å². The van der Waals surface area contributed by atoms with Crippen molar-refractivity contribution in [2.75, 3.05) is 44.2 Å². The standard InChI is InChI=1S/C17H23FN2O5S2/c1-2-19-6-8-20(9-7-19)17(21)15-11-13(3-4-16(15)18)27(24,25)14-5-10-26(22,23)12-14/h3-4,11,14H,2,5-10,12H2,1H3. The second kappa shape index (κ2) is 7.48. The van der Waals surface area contributed by atoms with E-state index in [-0.39, 0.29) is 22.6 Å². The molecule has 10 heteroatoms. The number of sulfone groups is 2. The molecule has 1 atom stereocenters. The van der Waals surface area contributed by atoms with Crippen LogP contribution in [0, 0.1) is 5.82 Å². The number of rotatable bonds is 4. The van der Waals surface area contributed by atoms with Gasteiger partial charge < -0.3 is 9.80 Å². The molecule has 150 valence electrons. The zero-order valence-electron chi connectivity index (χ0n) is 15.1. The highest BCUT2D eigenvalue weighted by molar-refractivity contribution is 7.96. The number of carbonyl (C=O) groups excluding carboxylic acids is 1. The minimum atomic E-state index is -3.95. The van der Waals surface area contributed by atoms with Crippen molar-refractivity contribution in [3.05, 3.63) is 29.6 Å². The van der Waals surface area contributed by atoms with Crippen LogP contribution in [-0.2, 0) is 19.7 Å². The first-order valence-corrected chi connectivity index (χ1v) is 12.3. The minimum Gasteiger partial charge on any atom is -0.336 e.